The molecular formula is C24H24N4O3. The Kier molecular flexibility index (Phi) is 5.58. The van der Waals surface area contributed by atoms with E-state index < -0.39 is 0 Å². The van der Waals surface area contributed by atoms with E-state index in [1.54, 1.807) is 7.05 Å². The predicted molar refractivity (Wildman–Crippen MR) is 121 cm³/mol. The molecule has 0 aliphatic heterocycles. The lowest BCUT2D eigenvalue weighted by molar-refractivity contribution is 0.130. The van der Waals surface area contributed by atoms with Gasteiger partial charge in [0.25, 0.3) is 0 Å². The normalized spacial score (nSPS) is 11.7. The summed E-state index contributed by atoms with van der Waals surface area (Å²) in [5, 5.41) is 10.8. The van der Waals surface area contributed by atoms with Gasteiger partial charge in [-0.05, 0) is 41.8 Å². The number of nitrogens with zero attached hydrogens (tertiary/aromatic N) is 4. The molecule has 0 amide bonds. The Labute approximate surface area is 180 Å². The molecule has 0 atom stereocenters. The molecule has 4 rings (SSSR count). The van der Waals surface area contributed by atoms with Crippen LogP contribution in [0.4, 0.5) is 0 Å². The van der Waals surface area contributed by atoms with Crippen LogP contribution < -0.4 is 10.4 Å². The molecule has 0 N–H and O–H groups in total. The summed E-state index contributed by atoms with van der Waals surface area (Å²) in [5.41, 5.74) is 3.89. The van der Waals surface area contributed by atoms with E-state index in [-0.39, 0.29) is 18.3 Å². The van der Waals surface area contributed by atoms with Crippen molar-refractivity contribution in [2.24, 2.45) is 12.2 Å². The van der Waals surface area contributed by atoms with Crippen LogP contribution in [0.1, 0.15) is 23.6 Å². The van der Waals surface area contributed by atoms with Crippen molar-refractivity contribution in [2.45, 2.75) is 20.5 Å². The zero-order valence-corrected chi connectivity index (χ0v) is 18.0. The van der Waals surface area contributed by atoms with E-state index in [4.69, 9.17) is 9.57 Å². The summed E-state index contributed by atoms with van der Waals surface area (Å²) in [6, 6.07) is 20.4. The highest BCUT2D eigenvalue weighted by atomic mass is 16.6. The molecule has 0 saturated heterocycles. The zero-order chi connectivity index (χ0) is 22.0. The zero-order valence-electron chi connectivity index (χ0n) is 18.0. The van der Waals surface area contributed by atoms with Crippen LogP contribution in [0.2, 0.25) is 0 Å². The largest absolute Gasteiger partial charge is 0.467 e. The maximum absolute atomic E-state index is 12.6. The average molecular weight is 416 g/mol. The summed E-state index contributed by atoms with van der Waals surface area (Å²) in [4.78, 5) is 18.3. The van der Waals surface area contributed by atoms with Gasteiger partial charge in [0.15, 0.2) is 0 Å². The first-order valence-electron chi connectivity index (χ1n) is 9.94. The molecule has 4 aromatic rings. The minimum absolute atomic E-state index is 0.201. The van der Waals surface area contributed by atoms with Crippen LogP contribution in [0.3, 0.4) is 0 Å². The van der Waals surface area contributed by atoms with Gasteiger partial charge < -0.3 is 9.57 Å². The minimum Gasteiger partial charge on any atom is -0.467 e. The van der Waals surface area contributed by atoms with Gasteiger partial charge in [-0.25, -0.2) is 14.0 Å². The van der Waals surface area contributed by atoms with Gasteiger partial charge in [0.2, 0.25) is 0 Å². The number of para-hydroxylation sites is 1. The summed E-state index contributed by atoms with van der Waals surface area (Å²) >= 11 is 0. The van der Waals surface area contributed by atoms with E-state index >= 15 is 0 Å². The van der Waals surface area contributed by atoms with E-state index in [0.29, 0.717) is 5.69 Å². The highest BCUT2D eigenvalue weighted by Gasteiger charge is 2.18. The van der Waals surface area contributed by atoms with Gasteiger partial charge in [-0.15, -0.1) is 5.10 Å². The molecular weight excluding hydrogens is 392 g/mol. The van der Waals surface area contributed by atoms with Crippen LogP contribution in [0.15, 0.2) is 70.6 Å². The molecule has 3 aromatic carbocycles. The maximum Gasteiger partial charge on any atom is 0.353 e. The Hall–Kier alpha value is -3.87. The molecule has 0 spiro atoms. The molecule has 1 aromatic heterocycles. The monoisotopic (exact) mass is 416 g/mol. The Balaban J connectivity index is 1.62. The van der Waals surface area contributed by atoms with Crippen LogP contribution >= 0.6 is 0 Å². The number of aromatic nitrogens is 3. The average Bonchev–Trinajstić information content (AvgIpc) is 3.07. The topological polar surface area (TPSA) is 70.6 Å². The molecule has 0 aliphatic rings. The van der Waals surface area contributed by atoms with Crippen molar-refractivity contribution in [2.75, 3.05) is 7.11 Å². The number of benzene rings is 3. The third-order valence-corrected chi connectivity index (χ3v) is 5.21. The van der Waals surface area contributed by atoms with Crippen molar-refractivity contribution in [1.82, 2.24) is 14.3 Å². The fourth-order valence-electron chi connectivity index (χ4n) is 3.59. The smallest absolute Gasteiger partial charge is 0.353 e. The second kappa shape index (κ2) is 8.47. The van der Waals surface area contributed by atoms with Gasteiger partial charge in [0.1, 0.15) is 6.61 Å². The molecule has 31 heavy (non-hydrogen) atoms. The molecule has 0 bridgehead atoms. The van der Waals surface area contributed by atoms with E-state index in [2.05, 4.69) is 34.5 Å². The first-order valence-corrected chi connectivity index (χ1v) is 9.94. The second-order valence-corrected chi connectivity index (χ2v) is 7.32. The molecule has 7 heteroatoms. The highest BCUT2D eigenvalue weighted by molar-refractivity contribution is 6.01. The van der Waals surface area contributed by atoms with E-state index in [1.165, 1.54) is 21.7 Å². The van der Waals surface area contributed by atoms with Crippen LogP contribution in [0, 0.1) is 6.92 Å². The van der Waals surface area contributed by atoms with Gasteiger partial charge in [-0.2, -0.15) is 0 Å². The third kappa shape index (κ3) is 3.94. The fraction of sp³-hybridized carbons (Fsp3) is 0.208. The standard InChI is InChI=1S/C24H24N4O3/c1-16-8-7-11-21(22(16)28-23(30-4)25-27(3)24(28)29)15-31-26-17(2)19-13-12-18-9-5-6-10-20(18)14-19/h5-14H,15H2,1-4H3/b26-17-. The Morgan fingerprint density at radius 3 is 2.61 bits per heavy atom. The predicted octanol–water partition coefficient (Wildman–Crippen LogP) is 3.98. The second-order valence-electron chi connectivity index (χ2n) is 7.32. The minimum atomic E-state index is -0.289. The van der Waals surface area contributed by atoms with E-state index in [9.17, 15) is 4.79 Å². The van der Waals surface area contributed by atoms with Gasteiger partial charge in [0.05, 0.1) is 18.5 Å². The first kappa shape index (κ1) is 20.4. The van der Waals surface area contributed by atoms with Gasteiger partial charge in [-0.1, -0.05) is 59.8 Å². The highest BCUT2D eigenvalue weighted by Crippen LogP contribution is 2.23. The van der Waals surface area contributed by atoms with Gasteiger partial charge in [-0.3, -0.25) is 0 Å². The summed E-state index contributed by atoms with van der Waals surface area (Å²) in [6.45, 7) is 4.05. The molecule has 0 radical (unpaired) electrons. The number of hydrogen-bond donors (Lipinski definition) is 0. The number of oxime groups is 1. The molecule has 0 saturated carbocycles. The molecule has 0 unspecified atom stereocenters. The molecule has 158 valence electrons. The van der Waals surface area contributed by atoms with Gasteiger partial charge >= 0.3 is 11.7 Å². The Morgan fingerprint density at radius 2 is 1.84 bits per heavy atom. The van der Waals surface area contributed by atoms with E-state index in [1.807, 2.05) is 50.2 Å². The molecule has 1 heterocycles. The molecule has 0 fully saturated rings. The van der Waals surface area contributed by atoms with Crippen molar-refractivity contribution < 1.29 is 9.57 Å². The summed E-state index contributed by atoms with van der Waals surface area (Å²) < 4.78 is 8.01. The SMILES string of the molecule is COc1nn(C)c(=O)n1-c1c(C)cccc1CO/N=C(/C)c1ccc2ccccc2c1. The summed E-state index contributed by atoms with van der Waals surface area (Å²) in [5.74, 6) is 0. The van der Waals surface area contributed by atoms with E-state index in [0.717, 1.165) is 27.8 Å². The van der Waals surface area contributed by atoms with Crippen molar-refractivity contribution in [3.63, 3.8) is 0 Å². The third-order valence-electron chi connectivity index (χ3n) is 5.21. The Morgan fingerprint density at radius 1 is 1.06 bits per heavy atom. The molecule has 7 nitrogen and oxygen atoms in total. The summed E-state index contributed by atoms with van der Waals surface area (Å²) in [7, 11) is 3.08. The number of fused-ring (bicyclic) bond motifs is 1. The first-order chi connectivity index (χ1) is 15.0. The number of ether oxygens (including phenoxy) is 1. The van der Waals surface area contributed by atoms with Crippen LogP contribution in [0.5, 0.6) is 6.01 Å². The van der Waals surface area contributed by atoms with Gasteiger partial charge in [0, 0.05) is 12.6 Å². The lowest BCUT2D eigenvalue weighted by Crippen LogP contribution is -2.23. The Bertz CT molecular complexity index is 1330. The fourth-order valence-corrected chi connectivity index (χ4v) is 3.59. The lowest BCUT2D eigenvalue weighted by Gasteiger charge is -2.13. The van der Waals surface area contributed by atoms with Crippen molar-refractivity contribution in [3.05, 3.63) is 87.8 Å². The van der Waals surface area contributed by atoms with Crippen LogP contribution in [0.25, 0.3) is 16.5 Å². The number of aryl methyl sites for hydroxylation is 2. The number of methoxy groups -OCH3 is 1. The van der Waals surface area contributed by atoms with Crippen LogP contribution in [-0.2, 0) is 18.5 Å². The van der Waals surface area contributed by atoms with Crippen molar-refractivity contribution in [1.29, 1.82) is 0 Å². The maximum atomic E-state index is 12.6. The van der Waals surface area contributed by atoms with Crippen molar-refractivity contribution in [3.8, 4) is 11.7 Å². The number of hydrogen-bond acceptors (Lipinski definition) is 5. The molecule has 0 aliphatic carbocycles. The number of rotatable bonds is 6. The lowest BCUT2D eigenvalue weighted by atomic mass is 10.0. The van der Waals surface area contributed by atoms with Crippen molar-refractivity contribution >= 4 is 16.5 Å². The summed E-state index contributed by atoms with van der Waals surface area (Å²) in [6.07, 6.45) is 0. The van der Waals surface area contributed by atoms with Crippen LogP contribution in [-0.4, -0.2) is 27.2 Å². The quantitative estimate of drug-likeness (QED) is 0.352.